The Morgan fingerprint density at radius 1 is 1.05 bits per heavy atom. The summed E-state index contributed by atoms with van der Waals surface area (Å²) in [7, 11) is 1.48. The van der Waals surface area contributed by atoms with Crippen LogP contribution in [-0.4, -0.2) is 78.1 Å². The first-order valence-electron chi connectivity index (χ1n) is 14.2. The number of aromatic amines is 1. The number of sulfonamides is 1. The normalized spacial score (nSPS) is 15.1. The van der Waals surface area contributed by atoms with Gasteiger partial charge in [-0.1, -0.05) is 12.1 Å². The second-order valence-electron chi connectivity index (χ2n) is 11.4. The van der Waals surface area contributed by atoms with Crippen LogP contribution in [0.5, 0.6) is 5.75 Å². The van der Waals surface area contributed by atoms with Gasteiger partial charge in [0.1, 0.15) is 16.5 Å². The number of H-pyrrole nitrogens is 1. The molecule has 0 aliphatic carbocycles. The van der Waals surface area contributed by atoms with Crippen molar-refractivity contribution in [3.8, 4) is 5.75 Å². The molecule has 2 aromatic carbocycles. The molecule has 42 heavy (non-hydrogen) atoms. The maximum atomic E-state index is 13.1. The largest absolute Gasteiger partial charge is 0.489 e. The van der Waals surface area contributed by atoms with Crippen molar-refractivity contribution in [3.63, 3.8) is 0 Å². The molecule has 0 amide bonds. The summed E-state index contributed by atoms with van der Waals surface area (Å²) < 4.78 is 33.6. The molecule has 5 rings (SSSR count). The van der Waals surface area contributed by atoms with Gasteiger partial charge in [0, 0.05) is 19.8 Å². The Morgan fingerprint density at radius 2 is 1.76 bits per heavy atom. The van der Waals surface area contributed by atoms with Crippen LogP contribution < -0.4 is 15.4 Å². The zero-order valence-corrected chi connectivity index (χ0v) is 26.1. The van der Waals surface area contributed by atoms with Crippen LogP contribution >= 0.6 is 0 Å². The fourth-order valence-electron chi connectivity index (χ4n) is 5.37. The lowest BCUT2D eigenvalue weighted by Crippen LogP contribution is -2.29. The zero-order valence-electron chi connectivity index (χ0n) is 25.3. The first-order valence-corrected chi connectivity index (χ1v) is 15.7. The second-order valence-corrected chi connectivity index (χ2v) is 13.5. The fraction of sp³-hybridized carbons (Fsp3) is 0.433. The predicted octanol–water partition coefficient (Wildman–Crippen LogP) is 5.30. The minimum atomic E-state index is -3.71. The van der Waals surface area contributed by atoms with Crippen molar-refractivity contribution < 1.29 is 13.2 Å². The fourth-order valence-corrected chi connectivity index (χ4v) is 6.41. The average Bonchev–Trinajstić information content (AvgIpc) is 3.31. The summed E-state index contributed by atoms with van der Waals surface area (Å²) in [5.74, 6) is 1.97. The molecule has 0 saturated carbocycles. The molecule has 2 aromatic heterocycles. The third-order valence-corrected chi connectivity index (χ3v) is 9.50. The Kier molecular flexibility index (Phi) is 8.40. The summed E-state index contributed by atoms with van der Waals surface area (Å²) in [5.41, 5.74) is 4.86. The molecule has 1 fully saturated rings. The molecular formula is C30H40N8O3S. The van der Waals surface area contributed by atoms with E-state index in [0.29, 0.717) is 34.4 Å². The molecule has 3 heterocycles. The van der Waals surface area contributed by atoms with Gasteiger partial charge in [0.25, 0.3) is 0 Å². The van der Waals surface area contributed by atoms with Crippen molar-refractivity contribution in [1.29, 1.82) is 0 Å². The van der Waals surface area contributed by atoms with E-state index in [1.807, 2.05) is 20.8 Å². The minimum absolute atomic E-state index is 0.0247. The Hall–Kier alpha value is -3.74. The first-order chi connectivity index (χ1) is 19.9. The molecule has 11 nitrogen and oxygen atoms in total. The number of ether oxygens (including phenoxy) is 1. The molecule has 0 atom stereocenters. The number of para-hydroxylation sites is 1. The van der Waals surface area contributed by atoms with Gasteiger partial charge in [-0.2, -0.15) is 15.1 Å². The van der Waals surface area contributed by atoms with Crippen molar-refractivity contribution in [2.75, 3.05) is 44.9 Å². The molecule has 12 heteroatoms. The van der Waals surface area contributed by atoms with E-state index in [1.54, 1.807) is 24.3 Å². The van der Waals surface area contributed by atoms with Gasteiger partial charge in [-0.3, -0.25) is 5.10 Å². The summed E-state index contributed by atoms with van der Waals surface area (Å²) in [6, 6.07) is 11.0. The van der Waals surface area contributed by atoms with Crippen molar-refractivity contribution in [1.82, 2.24) is 29.4 Å². The third kappa shape index (κ3) is 6.06. The number of nitrogens with one attached hydrogen (secondary N) is 3. The van der Waals surface area contributed by atoms with Crippen molar-refractivity contribution in [2.24, 2.45) is 0 Å². The monoisotopic (exact) mass is 592 g/mol. The molecule has 0 unspecified atom stereocenters. The number of piperidine rings is 1. The highest BCUT2D eigenvalue weighted by Crippen LogP contribution is 2.38. The van der Waals surface area contributed by atoms with Gasteiger partial charge in [-0.05, 0) is 102 Å². The number of nitrogens with zero attached hydrogens (tertiary/aromatic N) is 5. The summed E-state index contributed by atoms with van der Waals surface area (Å²) in [4.78, 5) is 12.0. The zero-order chi connectivity index (χ0) is 30.2. The highest BCUT2D eigenvalue weighted by atomic mass is 32.2. The van der Waals surface area contributed by atoms with E-state index in [2.05, 4.69) is 56.8 Å². The number of likely N-dealkylation sites (tertiary alicyclic amines) is 1. The van der Waals surface area contributed by atoms with Gasteiger partial charge in [0.05, 0.1) is 22.9 Å². The molecule has 1 saturated heterocycles. The van der Waals surface area contributed by atoms with Crippen molar-refractivity contribution >= 4 is 44.2 Å². The predicted molar refractivity (Wildman–Crippen MR) is 167 cm³/mol. The lowest BCUT2D eigenvalue weighted by atomic mass is 9.86. The first kappa shape index (κ1) is 29.7. The molecule has 4 aromatic rings. The van der Waals surface area contributed by atoms with Gasteiger partial charge in [0.15, 0.2) is 5.65 Å². The third-order valence-electron chi connectivity index (χ3n) is 7.63. The van der Waals surface area contributed by atoms with Gasteiger partial charge >= 0.3 is 0 Å². The summed E-state index contributed by atoms with van der Waals surface area (Å²) in [6.07, 6.45) is 2.20. The van der Waals surface area contributed by atoms with E-state index in [0.717, 1.165) is 43.1 Å². The van der Waals surface area contributed by atoms with Crippen molar-refractivity contribution in [2.45, 2.75) is 57.5 Å². The van der Waals surface area contributed by atoms with Crippen LogP contribution in [0, 0.1) is 13.8 Å². The Balaban J connectivity index is 1.55. The number of hydrogen-bond donors (Lipinski definition) is 3. The van der Waals surface area contributed by atoms with E-state index >= 15 is 0 Å². The van der Waals surface area contributed by atoms with Gasteiger partial charge in [-0.15, -0.1) is 0 Å². The van der Waals surface area contributed by atoms with Gasteiger partial charge in [-0.25, -0.2) is 12.7 Å². The van der Waals surface area contributed by atoms with Crippen LogP contribution in [-0.2, 0) is 10.0 Å². The molecule has 1 aliphatic rings. The number of rotatable bonds is 9. The van der Waals surface area contributed by atoms with E-state index in [-0.39, 0.29) is 11.0 Å². The van der Waals surface area contributed by atoms with E-state index in [4.69, 9.17) is 9.72 Å². The van der Waals surface area contributed by atoms with Gasteiger partial charge in [0.2, 0.25) is 16.0 Å². The van der Waals surface area contributed by atoms with Crippen LogP contribution in [0.2, 0.25) is 0 Å². The highest BCUT2D eigenvalue weighted by Gasteiger charge is 2.24. The smallest absolute Gasteiger partial charge is 0.244 e. The molecule has 0 bridgehead atoms. The van der Waals surface area contributed by atoms with Crippen LogP contribution in [0.15, 0.2) is 41.3 Å². The van der Waals surface area contributed by atoms with Crippen LogP contribution in [0.4, 0.5) is 23.1 Å². The molecular weight excluding hydrogens is 552 g/mol. The van der Waals surface area contributed by atoms with E-state index in [9.17, 15) is 8.42 Å². The standard InChI is InChI=1S/C30H40N8O3S/c1-18(2)41-25-17-22(21-12-14-38(7)15-13-21)19(3)16-24(25)32-30-33-28(27-20(4)35-36-29(27)34-30)31-23-10-8-9-11-26(23)42(39,40)37(5)6/h8-11,16-18,21H,12-15H2,1-7H3,(H3,31,32,33,34,35,36). The highest BCUT2D eigenvalue weighted by molar-refractivity contribution is 7.89. The van der Waals surface area contributed by atoms with Gasteiger partial charge < -0.3 is 20.3 Å². The molecule has 0 spiro atoms. The number of fused-ring (bicyclic) bond motifs is 1. The lowest BCUT2D eigenvalue weighted by Gasteiger charge is -2.30. The second kappa shape index (κ2) is 11.9. The number of aryl methyl sites for hydroxylation is 2. The Bertz CT molecular complexity index is 1690. The summed E-state index contributed by atoms with van der Waals surface area (Å²) in [5, 5.41) is 14.6. The van der Waals surface area contributed by atoms with Crippen LogP contribution in [0.1, 0.15) is 49.4 Å². The maximum absolute atomic E-state index is 13.1. The number of aromatic nitrogens is 4. The quantitative estimate of drug-likeness (QED) is 0.237. The van der Waals surface area contributed by atoms with Crippen LogP contribution in [0.25, 0.3) is 11.0 Å². The van der Waals surface area contributed by atoms with E-state index < -0.39 is 10.0 Å². The number of hydrogen-bond acceptors (Lipinski definition) is 9. The minimum Gasteiger partial charge on any atom is -0.489 e. The Labute approximate surface area is 247 Å². The SMILES string of the molecule is Cc1cc(Nc2nc(Nc3ccccc3S(=O)(=O)N(C)C)c3c(C)[nH]nc3n2)c(OC(C)C)cc1C1CCN(C)CC1. The molecule has 3 N–H and O–H groups in total. The molecule has 1 aliphatic heterocycles. The maximum Gasteiger partial charge on any atom is 0.244 e. The summed E-state index contributed by atoms with van der Waals surface area (Å²) >= 11 is 0. The summed E-state index contributed by atoms with van der Waals surface area (Å²) in [6.45, 7) is 10.2. The number of benzene rings is 2. The number of anilines is 4. The van der Waals surface area contributed by atoms with Crippen LogP contribution in [0.3, 0.4) is 0 Å². The topological polar surface area (TPSA) is 128 Å². The lowest BCUT2D eigenvalue weighted by molar-refractivity contribution is 0.241. The van der Waals surface area contributed by atoms with E-state index in [1.165, 1.54) is 29.5 Å². The molecule has 224 valence electrons. The Morgan fingerprint density at radius 3 is 2.45 bits per heavy atom. The average molecular weight is 593 g/mol. The van der Waals surface area contributed by atoms with Crippen molar-refractivity contribution in [3.05, 3.63) is 53.2 Å². The molecule has 0 radical (unpaired) electrons.